The van der Waals surface area contributed by atoms with Crippen LogP contribution in [0.1, 0.15) is 23.1 Å². The van der Waals surface area contributed by atoms with Crippen LogP contribution in [0.2, 0.25) is 0 Å². The highest BCUT2D eigenvalue weighted by Crippen LogP contribution is 2.25. The van der Waals surface area contributed by atoms with Crippen molar-refractivity contribution in [3.63, 3.8) is 0 Å². The largest absolute Gasteiger partial charge is 0.352 e. The number of nitrogens with one attached hydrogen (secondary N) is 1. The van der Waals surface area contributed by atoms with E-state index in [1.165, 1.54) is 0 Å². The highest BCUT2D eigenvalue weighted by Gasteiger charge is 2.11. The van der Waals surface area contributed by atoms with Crippen molar-refractivity contribution in [3.05, 3.63) is 35.7 Å². The predicted molar refractivity (Wildman–Crippen MR) is 72.8 cm³/mol. The van der Waals surface area contributed by atoms with Crippen LogP contribution < -0.4 is 5.32 Å². The molecule has 100 valence electrons. The summed E-state index contributed by atoms with van der Waals surface area (Å²) in [4.78, 5) is 12.9. The zero-order valence-electron chi connectivity index (χ0n) is 10.8. The summed E-state index contributed by atoms with van der Waals surface area (Å²) in [6.45, 7) is 2.52. The number of hydrogen-bond donors (Lipinski definition) is 1. The summed E-state index contributed by atoms with van der Waals surface area (Å²) in [5, 5.41) is 14.1. The molecule has 0 radical (unpaired) electrons. The van der Waals surface area contributed by atoms with E-state index in [-0.39, 0.29) is 5.91 Å². The zero-order valence-corrected chi connectivity index (χ0v) is 11.6. The van der Waals surface area contributed by atoms with Crippen molar-refractivity contribution in [2.45, 2.75) is 17.6 Å². The Labute approximate surface area is 115 Å². The van der Waals surface area contributed by atoms with Crippen LogP contribution in [0.15, 0.2) is 29.2 Å². The van der Waals surface area contributed by atoms with Gasteiger partial charge in [-0.3, -0.25) is 4.79 Å². The summed E-state index contributed by atoms with van der Waals surface area (Å²) in [6.07, 6.45) is 0. The fourth-order valence-electron chi connectivity index (χ4n) is 1.55. The van der Waals surface area contributed by atoms with Gasteiger partial charge in [0.1, 0.15) is 0 Å². The van der Waals surface area contributed by atoms with Gasteiger partial charge in [0.2, 0.25) is 0 Å². The summed E-state index contributed by atoms with van der Waals surface area (Å²) in [7, 11) is 1.80. The highest BCUT2D eigenvalue weighted by molar-refractivity contribution is 7.98. The van der Waals surface area contributed by atoms with Crippen molar-refractivity contribution in [1.29, 1.82) is 0 Å². The van der Waals surface area contributed by atoms with Crippen LogP contribution in [-0.4, -0.2) is 32.7 Å². The van der Waals surface area contributed by atoms with E-state index in [0.717, 1.165) is 10.7 Å². The van der Waals surface area contributed by atoms with E-state index in [9.17, 15) is 4.79 Å². The maximum absolute atomic E-state index is 11.9. The first-order chi connectivity index (χ1) is 9.22. The Morgan fingerprint density at radius 2 is 2.21 bits per heavy atom. The molecular weight excluding hydrogens is 262 g/mol. The van der Waals surface area contributed by atoms with Gasteiger partial charge >= 0.3 is 0 Å². The van der Waals surface area contributed by atoms with E-state index in [2.05, 4.69) is 20.8 Å². The van der Waals surface area contributed by atoms with Crippen molar-refractivity contribution in [2.75, 3.05) is 6.54 Å². The smallest absolute Gasteiger partial charge is 0.252 e. The quantitative estimate of drug-likeness (QED) is 0.833. The summed E-state index contributed by atoms with van der Waals surface area (Å²) in [5.41, 5.74) is 0.685. The molecule has 0 unspecified atom stereocenters. The van der Waals surface area contributed by atoms with Crippen molar-refractivity contribution in [1.82, 2.24) is 25.5 Å². The number of benzene rings is 1. The molecule has 6 nitrogen and oxygen atoms in total. The van der Waals surface area contributed by atoms with E-state index in [4.69, 9.17) is 0 Å². The van der Waals surface area contributed by atoms with Gasteiger partial charge < -0.3 is 5.32 Å². The number of nitrogens with zero attached hydrogens (tertiary/aromatic N) is 4. The Hall–Kier alpha value is -1.89. The number of tetrazole rings is 1. The van der Waals surface area contributed by atoms with Crippen LogP contribution in [0.3, 0.4) is 0 Å². The highest BCUT2D eigenvalue weighted by atomic mass is 32.2. The minimum Gasteiger partial charge on any atom is -0.352 e. The second-order valence-electron chi connectivity index (χ2n) is 3.86. The van der Waals surface area contributed by atoms with Crippen LogP contribution in [-0.2, 0) is 12.8 Å². The van der Waals surface area contributed by atoms with Gasteiger partial charge in [0, 0.05) is 18.5 Å². The van der Waals surface area contributed by atoms with E-state index < -0.39 is 0 Å². The maximum Gasteiger partial charge on any atom is 0.252 e. The molecule has 1 aromatic heterocycles. The van der Waals surface area contributed by atoms with Gasteiger partial charge in [-0.2, -0.15) is 0 Å². The number of thioether (sulfide) groups is 1. The van der Waals surface area contributed by atoms with Gasteiger partial charge in [0.15, 0.2) is 5.82 Å². The Morgan fingerprint density at radius 3 is 2.89 bits per heavy atom. The van der Waals surface area contributed by atoms with Gasteiger partial charge in [-0.25, -0.2) is 4.68 Å². The molecule has 2 rings (SSSR count). The van der Waals surface area contributed by atoms with Crippen molar-refractivity contribution in [2.24, 2.45) is 7.05 Å². The summed E-state index contributed by atoms with van der Waals surface area (Å²) >= 11 is 1.55. The lowest BCUT2D eigenvalue weighted by atomic mass is 10.2. The Balaban J connectivity index is 2.12. The third-order valence-electron chi connectivity index (χ3n) is 2.53. The molecule has 1 amide bonds. The van der Waals surface area contributed by atoms with E-state index in [1.54, 1.807) is 23.5 Å². The van der Waals surface area contributed by atoms with Crippen molar-refractivity contribution >= 4 is 17.7 Å². The molecule has 0 bridgehead atoms. The van der Waals surface area contributed by atoms with Gasteiger partial charge in [-0.05, 0) is 29.5 Å². The Kier molecular flexibility index (Phi) is 4.51. The molecule has 0 aliphatic carbocycles. The second-order valence-corrected chi connectivity index (χ2v) is 4.88. The number of carbonyl (C=O) groups excluding carboxylic acids is 1. The number of aryl methyl sites for hydroxylation is 1. The van der Waals surface area contributed by atoms with Crippen LogP contribution >= 0.6 is 11.8 Å². The molecule has 0 spiro atoms. The predicted octanol–water partition coefficient (Wildman–Crippen LogP) is 1.25. The molecule has 0 atom stereocenters. The fourth-order valence-corrected chi connectivity index (χ4v) is 2.57. The number of rotatable bonds is 5. The molecule has 0 saturated carbocycles. The first-order valence-electron chi connectivity index (χ1n) is 5.93. The Bertz CT molecular complexity index is 569. The normalized spacial score (nSPS) is 10.4. The van der Waals surface area contributed by atoms with Crippen LogP contribution in [0, 0.1) is 0 Å². The Morgan fingerprint density at radius 1 is 1.42 bits per heavy atom. The van der Waals surface area contributed by atoms with Gasteiger partial charge in [0.05, 0.1) is 11.3 Å². The average molecular weight is 277 g/mol. The maximum atomic E-state index is 11.9. The molecule has 0 fully saturated rings. The molecule has 2 aromatic rings. The molecule has 0 aliphatic rings. The molecule has 0 saturated heterocycles. The number of hydrogen-bond acceptors (Lipinski definition) is 5. The van der Waals surface area contributed by atoms with E-state index in [1.807, 2.05) is 31.2 Å². The molecule has 1 heterocycles. The second kappa shape index (κ2) is 6.33. The topological polar surface area (TPSA) is 72.7 Å². The fraction of sp³-hybridized carbons (Fsp3) is 0.333. The standard InChI is InChI=1S/C12H15N5OS/c1-3-13-12(18)9-6-4-5-7-10(9)19-8-11-14-15-16-17(11)2/h4-7H,3,8H2,1-2H3,(H,13,18). The first-order valence-corrected chi connectivity index (χ1v) is 6.92. The molecule has 1 N–H and O–H groups in total. The lowest BCUT2D eigenvalue weighted by molar-refractivity contribution is 0.0953. The van der Waals surface area contributed by atoms with Gasteiger partial charge in [0.25, 0.3) is 5.91 Å². The number of carbonyl (C=O) groups is 1. The minimum atomic E-state index is -0.0540. The van der Waals surface area contributed by atoms with E-state index >= 15 is 0 Å². The van der Waals surface area contributed by atoms with Crippen LogP contribution in [0.4, 0.5) is 0 Å². The van der Waals surface area contributed by atoms with Crippen molar-refractivity contribution < 1.29 is 4.79 Å². The average Bonchev–Trinajstić information content (AvgIpc) is 2.82. The zero-order chi connectivity index (χ0) is 13.7. The monoisotopic (exact) mass is 277 g/mol. The molecule has 0 aliphatic heterocycles. The molecule has 19 heavy (non-hydrogen) atoms. The molecule has 1 aromatic carbocycles. The third kappa shape index (κ3) is 3.31. The van der Waals surface area contributed by atoms with Gasteiger partial charge in [-0.1, -0.05) is 12.1 Å². The van der Waals surface area contributed by atoms with Gasteiger partial charge in [-0.15, -0.1) is 16.9 Å². The molecular formula is C12H15N5OS. The lowest BCUT2D eigenvalue weighted by Gasteiger charge is -2.08. The van der Waals surface area contributed by atoms with Crippen LogP contribution in [0.25, 0.3) is 0 Å². The van der Waals surface area contributed by atoms with Crippen molar-refractivity contribution in [3.8, 4) is 0 Å². The number of amides is 1. The summed E-state index contributed by atoms with van der Waals surface area (Å²) in [5.74, 6) is 1.34. The summed E-state index contributed by atoms with van der Waals surface area (Å²) < 4.78 is 1.63. The van der Waals surface area contributed by atoms with E-state index in [0.29, 0.717) is 17.9 Å². The van der Waals surface area contributed by atoms with Crippen LogP contribution in [0.5, 0.6) is 0 Å². The minimum absolute atomic E-state index is 0.0540. The SMILES string of the molecule is CCNC(=O)c1ccccc1SCc1nnnn1C. The summed E-state index contributed by atoms with van der Waals surface area (Å²) in [6, 6.07) is 7.53. The third-order valence-corrected chi connectivity index (χ3v) is 3.60. The molecule has 7 heteroatoms. The lowest BCUT2D eigenvalue weighted by Crippen LogP contribution is -2.23. The first kappa shape index (κ1) is 13.5. The number of aromatic nitrogens is 4.